The van der Waals surface area contributed by atoms with Crippen molar-refractivity contribution in [3.05, 3.63) is 101 Å². The number of hydrogen-bond acceptors (Lipinski definition) is 13. The third kappa shape index (κ3) is 17.5. The number of pyridine rings is 1. The number of aliphatic carboxylic acids is 1. The monoisotopic (exact) mass is 957 g/mol. The number of amides is 6. The van der Waals surface area contributed by atoms with Crippen LogP contribution in [0, 0.1) is 5.95 Å². The van der Waals surface area contributed by atoms with Gasteiger partial charge in [-0.15, -0.1) is 5.10 Å². The molecule has 24 heteroatoms. The van der Waals surface area contributed by atoms with Crippen molar-refractivity contribution in [2.45, 2.75) is 88.5 Å². The number of aromatic nitrogens is 4. The van der Waals surface area contributed by atoms with E-state index >= 15 is 0 Å². The van der Waals surface area contributed by atoms with Gasteiger partial charge in [-0.2, -0.15) is 4.39 Å². The number of aryl methyl sites for hydroxylation is 1. The molecular formula is C45H56FN13O10. The number of unbranched alkanes of at least 4 members (excludes halogenated alkanes) is 1. The summed E-state index contributed by atoms with van der Waals surface area (Å²) < 4.78 is 20.8. The summed E-state index contributed by atoms with van der Waals surface area (Å²) in [7, 11) is 0. The third-order valence-corrected chi connectivity index (χ3v) is 10.6. The van der Waals surface area contributed by atoms with Crippen molar-refractivity contribution < 1.29 is 52.9 Å². The number of halogens is 1. The first kappa shape index (κ1) is 51.8. The lowest BCUT2D eigenvalue weighted by atomic mass is 10.0. The van der Waals surface area contributed by atoms with Gasteiger partial charge < -0.3 is 58.3 Å². The quantitative estimate of drug-likeness (QED) is 0.0214. The molecule has 5 rings (SSSR count). The number of nitrogens with two attached hydrogens (primary N) is 2. The minimum absolute atomic E-state index is 0.00560. The fourth-order valence-electron chi connectivity index (χ4n) is 7.03. The molecule has 1 aliphatic heterocycles. The van der Waals surface area contributed by atoms with Crippen LogP contribution in [0.15, 0.2) is 78.0 Å². The van der Waals surface area contributed by atoms with Crippen LogP contribution in [0.4, 0.5) is 4.39 Å². The van der Waals surface area contributed by atoms with Crippen LogP contribution in [0.2, 0.25) is 0 Å². The van der Waals surface area contributed by atoms with Crippen molar-refractivity contribution in [2.75, 3.05) is 26.2 Å². The number of benzene rings is 2. The van der Waals surface area contributed by atoms with Gasteiger partial charge in [-0.25, -0.2) is 9.67 Å². The van der Waals surface area contributed by atoms with Gasteiger partial charge in [0.2, 0.25) is 29.5 Å². The van der Waals surface area contributed by atoms with Crippen LogP contribution >= 0.6 is 0 Å². The molecule has 12 N–H and O–H groups in total. The number of nitrogens with zero attached hydrogens (tertiary/aromatic N) is 5. The molecule has 0 unspecified atom stereocenters. The lowest BCUT2D eigenvalue weighted by Crippen LogP contribution is -2.58. The smallest absolute Gasteiger partial charge is 0.305 e. The first-order chi connectivity index (χ1) is 33.1. The van der Waals surface area contributed by atoms with E-state index in [-0.39, 0.29) is 75.2 Å². The number of ether oxygens (including phenoxy) is 1. The van der Waals surface area contributed by atoms with Gasteiger partial charge in [-0.3, -0.25) is 38.6 Å². The molecule has 368 valence electrons. The Balaban J connectivity index is 1.21. The van der Waals surface area contributed by atoms with Crippen LogP contribution in [-0.2, 0) is 48.2 Å². The Bertz CT molecular complexity index is 2430. The average Bonchev–Trinajstić information content (AvgIpc) is 3.77. The first-order valence-electron chi connectivity index (χ1n) is 22.2. The number of carbonyl (C=O) groups is 7. The van der Waals surface area contributed by atoms with Crippen molar-refractivity contribution in [2.24, 2.45) is 16.5 Å². The van der Waals surface area contributed by atoms with E-state index in [1.54, 1.807) is 41.2 Å². The van der Waals surface area contributed by atoms with Crippen LogP contribution in [0.3, 0.4) is 0 Å². The average molecular weight is 958 g/mol. The zero-order valence-electron chi connectivity index (χ0n) is 37.6. The Morgan fingerprint density at radius 3 is 2.20 bits per heavy atom. The molecule has 0 spiro atoms. The molecule has 0 saturated carbocycles. The maximum absolute atomic E-state index is 14.0. The molecule has 2 aromatic carbocycles. The SMILES string of the molecule is NC(N)=NCCC[C@@H]1NC(=O)[C@H](CCCCNC(=O)c2ccc(Cn3cc(CCCOc4cccnc4F)nn3)cc2)NC(=O)[C@@H](Cc2ccc(O)cc2)NC(=O)[C@H](CC(=O)O)NC(=O)CNC1=O. The fraction of sp³-hybridized carbons (Fsp3) is 0.400. The Labute approximate surface area is 395 Å². The van der Waals surface area contributed by atoms with Crippen LogP contribution in [-0.4, -0.2) is 128 Å². The molecule has 1 fully saturated rings. The number of carboxylic acid groups (broad SMARTS) is 1. The predicted molar refractivity (Wildman–Crippen MR) is 244 cm³/mol. The van der Waals surface area contributed by atoms with E-state index in [9.17, 15) is 48.2 Å². The molecule has 4 aromatic rings. The minimum atomic E-state index is -1.66. The van der Waals surface area contributed by atoms with Crippen LogP contribution in [0.5, 0.6) is 11.5 Å². The molecule has 0 radical (unpaired) electrons. The Hall–Kier alpha value is -8.18. The van der Waals surface area contributed by atoms with E-state index in [1.165, 1.54) is 36.5 Å². The molecular weight excluding hydrogens is 902 g/mol. The highest BCUT2D eigenvalue weighted by molar-refractivity contribution is 5.98. The van der Waals surface area contributed by atoms with E-state index in [0.29, 0.717) is 36.9 Å². The number of aromatic hydroxyl groups is 1. The Kier molecular flexibility index (Phi) is 19.7. The van der Waals surface area contributed by atoms with Crippen molar-refractivity contribution in [1.29, 1.82) is 0 Å². The standard InChI is InChI=1S/C45H56FN13O10/c46-39-36(9-4-19-49-39)69-21-5-6-30-26-59(58-57-30)25-28-10-14-29(15-11-28)40(64)50-18-2-1-7-33-42(66)54-32(8-3-20-51-45(47)48)41(65)52-24-37(61)53-35(23-38(62)63)44(68)56-34(43(67)55-33)22-27-12-16-31(60)17-13-27/h4,9-17,19,26,32-35,60H,1-3,5-8,18,20-25H2,(H,50,64)(H,52,65)(H,53,61)(H,54,66)(H,55,67)(H,56,68)(H,62,63)(H4,47,48,51)/t32-,33-,34+,35-/m0/s1. The number of hydrogen-bond donors (Lipinski definition) is 10. The summed E-state index contributed by atoms with van der Waals surface area (Å²) in [6, 6.07) is 10.2. The topological polar surface area (TPSA) is 349 Å². The van der Waals surface area contributed by atoms with Gasteiger partial charge in [-0.05, 0) is 92.5 Å². The molecule has 1 aliphatic rings. The summed E-state index contributed by atoms with van der Waals surface area (Å²) in [5.41, 5.74) is 13.3. The largest absolute Gasteiger partial charge is 0.508 e. The molecule has 0 aliphatic carbocycles. The lowest BCUT2D eigenvalue weighted by molar-refractivity contribution is -0.141. The Morgan fingerprint density at radius 2 is 1.49 bits per heavy atom. The second kappa shape index (κ2) is 26.2. The number of carbonyl (C=O) groups excluding carboxylic acids is 6. The van der Waals surface area contributed by atoms with Crippen LogP contribution < -0.4 is 48.1 Å². The van der Waals surface area contributed by atoms with E-state index < -0.39 is 78.6 Å². The summed E-state index contributed by atoms with van der Waals surface area (Å²) in [6.07, 6.45) is 4.12. The third-order valence-electron chi connectivity index (χ3n) is 10.6. The van der Waals surface area contributed by atoms with Crippen LogP contribution in [0.1, 0.15) is 72.1 Å². The van der Waals surface area contributed by atoms with Gasteiger partial charge in [0.15, 0.2) is 11.7 Å². The molecule has 1 saturated heterocycles. The van der Waals surface area contributed by atoms with E-state index in [2.05, 4.69) is 52.2 Å². The zero-order valence-corrected chi connectivity index (χ0v) is 37.6. The number of rotatable bonds is 21. The molecule has 23 nitrogen and oxygen atoms in total. The predicted octanol–water partition coefficient (Wildman–Crippen LogP) is -0.682. The first-order valence-corrected chi connectivity index (χ1v) is 22.2. The van der Waals surface area contributed by atoms with Crippen molar-refractivity contribution in [3.63, 3.8) is 0 Å². The van der Waals surface area contributed by atoms with E-state index in [0.717, 1.165) is 11.3 Å². The maximum Gasteiger partial charge on any atom is 0.305 e. The fourth-order valence-corrected chi connectivity index (χ4v) is 7.03. The van der Waals surface area contributed by atoms with E-state index in [4.69, 9.17) is 16.2 Å². The van der Waals surface area contributed by atoms with Gasteiger partial charge in [-0.1, -0.05) is 29.5 Å². The molecule has 4 atom stereocenters. The zero-order chi connectivity index (χ0) is 49.7. The molecule has 3 heterocycles. The number of guanidine groups is 1. The second-order valence-corrected chi connectivity index (χ2v) is 16.0. The van der Waals surface area contributed by atoms with Gasteiger partial charge in [0.05, 0.1) is 31.8 Å². The van der Waals surface area contributed by atoms with Gasteiger partial charge >= 0.3 is 5.97 Å². The second-order valence-electron chi connectivity index (χ2n) is 16.0. The Morgan fingerprint density at radius 1 is 0.826 bits per heavy atom. The normalized spacial score (nSPS) is 18.0. The molecule has 6 amide bonds. The van der Waals surface area contributed by atoms with E-state index in [1.807, 2.05) is 0 Å². The highest BCUT2D eigenvalue weighted by Gasteiger charge is 2.33. The molecule has 69 heavy (non-hydrogen) atoms. The highest BCUT2D eigenvalue weighted by atomic mass is 19.1. The van der Waals surface area contributed by atoms with Gasteiger partial charge in [0.25, 0.3) is 11.9 Å². The maximum atomic E-state index is 14.0. The summed E-state index contributed by atoms with van der Waals surface area (Å²) in [6.45, 7) is 0.278. The summed E-state index contributed by atoms with van der Waals surface area (Å²) in [5, 5.41) is 43.0. The summed E-state index contributed by atoms with van der Waals surface area (Å²) >= 11 is 0. The molecule has 2 aromatic heterocycles. The number of nitrogens with one attached hydrogen (secondary N) is 6. The number of phenolic OH excluding ortho intramolecular Hbond substituents is 1. The van der Waals surface area contributed by atoms with Gasteiger partial charge in [0.1, 0.15) is 29.9 Å². The minimum Gasteiger partial charge on any atom is -0.508 e. The van der Waals surface area contributed by atoms with Gasteiger partial charge in [0, 0.05) is 37.5 Å². The van der Waals surface area contributed by atoms with Crippen molar-refractivity contribution in [1.82, 2.24) is 51.9 Å². The number of aliphatic imine (C=N–C) groups is 1. The van der Waals surface area contributed by atoms with Crippen molar-refractivity contribution in [3.8, 4) is 11.5 Å². The highest BCUT2D eigenvalue weighted by Crippen LogP contribution is 2.15. The van der Waals surface area contributed by atoms with Crippen molar-refractivity contribution >= 4 is 47.4 Å². The number of carboxylic acids is 1. The number of phenols is 1. The lowest BCUT2D eigenvalue weighted by Gasteiger charge is -2.26. The summed E-state index contributed by atoms with van der Waals surface area (Å²) in [4.78, 5) is 100. The van der Waals surface area contributed by atoms with Crippen LogP contribution in [0.25, 0.3) is 0 Å². The molecule has 0 bridgehead atoms. The summed E-state index contributed by atoms with van der Waals surface area (Å²) in [5.74, 6) is -6.95.